The molecule has 1 aliphatic heterocycles. The van der Waals surface area contributed by atoms with Crippen LogP contribution in [0.25, 0.3) is 0 Å². The summed E-state index contributed by atoms with van der Waals surface area (Å²) in [7, 11) is 0. The van der Waals surface area contributed by atoms with Gasteiger partial charge in [-0.05, 0) is 42.3 Å². The molecule has 1 fully saturated rings. The van der Waals surface area contributed by atoms with Gasteiger partial charge in [0.25, 0.3) is 0 Å². The Hall–Kier alpha value is -0.890. The first-order valence-corrected chi connectivity index (χ1v) is 7.61. The zero-order valence-electron chi connectivity index (χ0n) is 11.0. The fourth-order valence-electron chi connectivity index (χ4n) is 2.48. The summed E-state index contributed by atoms with van der Waals surface area (Å²) in [4.78, 5) is 5.04. The van der Waals surface area contributed by atoms with Crippen LogP contribution in [0.15, 0.2) is 16.8 Å². The molecule has 0 aromatic carbocycles. The second kappa shape index (κ2) is 6.89. The Morgan fingerprint density at radius 1 is 1.39 bits per heavy atom. The van der Waals surface area contributed by atoms with E-state index in [1.54, 1.807) is 11.3 Å². The molecule has 1 saturated heterocycles. The van der Waals surface area contributed by atoms with Crippen molar-refractivity contribution in [3.8, 4) is 6.07 Å². The van der Waals surface area contributed by atoms with Gasteiger partial charge in [-0.15, -0.1) is 0 Å². The van der Waals surface area contributed by atoms with Crippen molar-refractivity contribution in [3.63, 3.8) is 0 Å². The molecule has 0 amide bonds. The number of nitrogens with zero attached hydrogens (tertiary/aromatic N) is 3. The minimum atomic E-state index is 0.539. The van der Waals surface area contributed by atoms with E-state index in [4.69, 9.17) is 5.26 Å². The lowest BCUT2D eigenvalue weighted by atomic mass is 10.1. The quantitative estimate of drug-likeness (QED) is 0.765. The fourth-order valence-corrected chi connectivity index (χ4v) is 3.23. The molecule has 98 valence electrons. The van der Waals surface area contributed by atoms with Crippen LogP contribution in [0.3, 0.4) is 0 Å². The Bertz CT molecular complexity index is 374. The van der Waals surface area contributed by atoms with Gasteiger partial charge in [0.15, 0.2) is 0 Å². The van der Waals surface area contributed by atoms with Crippen molar-refractivity contribution in [3.05, 3.63) is 22.4 Å². The summed E-state index contributed by atoms with van der Waals surface area (Å²) in [5.41, 5.74) is 1.44. The van der Waals surface area contributed by atoms with Crippen molar-refractivity contribution in [1.29, 1.82) is 5.26 Å². The SMILES string of the molecule is CC(c1ccsc1)N1CCN(CCCC#N)CC1. The van der Waals surface area contributed by atoms with Crippen LogP contribution in [0.2, 0.25) is 0 Å². The molecule has 1 aromatic heterocycles. The first kappa shape index (κ1) is 13.5. The highest BCUT2D eigenvalue weighted by Gasteiger charge is 2.21. The van der Waals surface area contributed by atoms with Gasteiger partial charge in [0, 0.05) is 38.6 Å². The largest absolute Gasteiger partial charge is 0.301 e. The molecule has 0 N–H and O–H groups in total. The van der Waals surface area contributed by atoms with E-state index >= 15 is 0 Å². The van der Waals surface area contributed by atoms with Gasteiger partial charge in [-0.3, -0.25) is 4.90 Å². The van der Waals surface area contributed by atoms with Crippen molar-refractivity contribution in [2.75, 3.05) is 32.7 Å². The first-order chi connectivity index (χ1) is 8.81. The van der Waals surface area contributed by atoms with E-state index < -0.39 is 0 Å². The smallest absolute Gasteiger partial charge is 0.0622 e. The standard InChI is InChI=1S/C14H21N3S/c1-13(14-4-11-18-12-14)17-9-7-16(8-10-17)6-3-2-5-15/h4,11-13H,2-3,6-10H2,1H3. The van der Waals surface area contributed by atoms with E-state index in [0.717, 1.165) is 39.1 Å². The lowest BCUT2D eigenvalue weighted by Gasteiger charge is -2.37. The second-order valence-electron chi connectivity index (χ2n) is 4.87. The van der Waals surface area contributed by atoms with Crippen molar-refractivity contribution >= 4 is 11.3 Å². The summed E-state index contributed by atoms with van der Waals surface area (Å²) in [6, 6.07) is 4.99. The van der Waals surface area contributed by atoms with Gasteiger partial charge < -0.3 is 4.90 Å². The topological polar surface area (TPSA) is 30.3 Å². The normalized spacial score (nSPS) is 19.6. The number of piperazine rings is 1. The third-order valence-corrected chi connectivity index (χ3v) is 4.44. The monoisotopic (exact) mass is 263 g/mol. The number of nitriles is 1. The van der Waals surface area contributed by atoms with E-state index in [0.29, 0.717) is 12.5 Å². The summed E-state index contributed by atoms with van der Waals surface area (Å²) in [6.45, 7) is 7.94. The summed E-state index contributed by atoms with van der Waals surface area (Å²) in [5.74, 6) is 0. The summed E-state index contributed by atoms with van der Waals surface area (Å²) >= 11 is 1.78. The highest BCUT2D eigenvalue weighted by atomic mass is 32.1. The Labute approximate surface area is 114 Å². The number of rotatable bonds is 5. The molecular weight excluding hydrogens is 242 g/mol. The maximum atomic E-state index is 8.54. The van der Waals surface area contributed by atoms with E-state index in [-0.39, 0.29) is 0 Å². The molecule has 1 unspecified atom stereocenters. The lowest BCUT2D eigenvalue weighted by Crippen LogP contribution is -2.47. The van der Waals surface area contributed by atoms with Crippen LogP contribution in [-0.2, 0) is 0 Å². The van der Waals surface area contributed by atoms with Crippen molar-refractivity contribution in [2.24, 2.45) is 0 Å². The van der Waals surface area contributed by atoms with E-state index in [1.165, 1.54) is 5.56 Å². The van der Waals surface area contributed by atoms with Gasteiger partial charge in [0.2, 0.25) is 0 Å². The van der Waals surface area contributed by atoms with Crippen LogP contribution in [0.4, 0.5) is 0 Å². The highest BCUT2D eigenvalue weighted by Crippen LogP contribution is 2.23. The predicted molar refractivity (Wildman–Crippen MR) is 75.6 cm³/mol. The third-order valence-electron chi connectivity index (χ3n) is 3.74. The minimum Gasteiger partial charge on any atom is -0.301 e. The number of thiophene rings is 1. The number of hydrogen-bond acceptors (Lipinski definition) is 4. The number of unbranched alkanes of at least 4 members (excludes halogenated alkanes) is 1. The third kappa shape index (κ3) is 3.55. The molecule has 0 aliphatic carbocycles. The van der Waals surface area contributed by atoms with Gasteiger partial charge in [-0.1, -0.05) is 0 Å². The Kier molecular flexibility index (Phi) is 5.18. The summed E-state index contributed by atoms with van der Waals surface area (Å²) < 4.78 is 0. The molecule has 3 nitrogen and oxygen atoms in total. The molecular formula is C14H21N3S. The van der Waals surface area contributed by atoms with Crippen LogP contribution in [0, 0.1) is 11.3 Å². The van der Waals surface area contributed by atoms with Gasteiger partial charge in [0.05, 0.1) is 6.07 Å². The molecule has 0 spiro atoms. The first-order valence-electron chi connectivity index (χ1n) is 6.66. The average molecular weight is 263 g/mol. The zero-order chi connectivity index (χ0) is 12.8. The molecule has 0 bridgehead atoms. The zero-order valence-corrected chi connectivity index (χ0v) is 11.8. The maximum absolute atomic E-state index is 8.54. The minimum absolute atomic E-state index is 0.539. The van der Waals surface area contributed by atoms with Crippen LogP contribution < -0.4 is 0 Å². The van der Waals surface area contributed by atoms with E-state index in [1.807, 2.05) is 0 Å². The predicted octanol–water partition coefficient (Wildman–Crippen LogP) is 2.73. The van der Waals surface area contributed by atoms with Gasteiger partial charge >= 0.3 is 0 Å². The van der Waals surface area contributed by atoms with Crippen molar-refractivity contribution in [2.45, 2.75) is 25.8 Å². The Balaban J connectivity index is 1.75. The molecule has 1 atom stereocenters. The summed E-state index contributed by atoms with van der Waals surface area (Å²) in [6.07, 6.45) is 1.70. The van der Waals surface area contributed by atoms with E-state index in [2.05, 4.69) is 39.6 Å². The molecule has 2 heterocycles. The maximum Gasteiger partial charge on any atom is 0.0622 e. The van der Waals surface area contributed by atoms with Gasteiger partial charge in [-0.2, -0.15) is 16.6 Å². The molecule has 1 aliphatic rings. The molecule has 2 rings (SSSR count). The fraction of sp³-hybridized carbons (Fsp3) is 0.643. The van der Waals surface area contributed by atoms with Crippen molar-refractivity contribution in [1.82, 2.24) is 9.80 Å². The van der Waals surface area contributed by atoms with Crippen molar-refractivity contribution < 1.29 is 0 Å². The second-order valence-corrected chi connectivity index (χ2v) is 5.65. The van der Waals surface area contributed by atoms with Crippen LogP contribution in [-0.4, -0.2) is 42.5 Å². The molecule has 4 heteroatoms. The van der Waals surface area contributed by atoms with Gasteiger partial charge in [-0.25, -0.2) is 0 Å². The number of hydrogen-bond donors (Lipinski definition) is 0. The summed E-state index contributed by atoms with van der Waals surface area (Å²) in [5, 5.41) is 13.0. The van der Waals surface area contributed by atoms with Gasteiger partial charge in [0.1, 0.15) is 0 Å². The Morgan fingerprint density at radius 3 is 2.78 bits per heavy atom. The van der Waals surface area contributed by atoms with Crippen LogP contribution in [0.1, 0.15) is 31.4 Å². The molecule has 0 saturated carbocycles. The Morgan fingerprint density at radius 2 is 2.17 bits per heavy atom. The highest BCUT2D eigenvalue weighted by molar-refractivity contribution is 7.07. The van der Waals surface area contributed by atoms with E-state index in [9.17, 15) is 0 Å². The molecule has 18 heavy (non-hydrogen) atoms. The molecule has 0 radical (unpaired) electrons. The molecule has 1 aromatic rings. The average Bonchev–Trinajstić information content (AvgIpc) is 2.93. The van der Waals surface area contributed by atoms with Crippen LogP contribution in [0.5, 0.6) is 0 Å². The lowest BCUT2D eigenvalue weighted by molar-refractivity contribution is 0.102. The van der Waals surface area contributed by atoms with Crippen LogP contribution >= 0.6 is 11.3 Å².